The normalized spacial score (nSPS) is 12.7. The summed E-state index contributed by atoms with van der Waals surface area (Å²) in [5.74, 6) is -0.292. The minimum atomic E-state index is -0.518. The lowest BCUT2D eigenvalue weighted by molar-refractivity contribution is -0.117. The maximum Gasteiger partial charge on any atom is 0.269 e. The molecule has 1 heterocycles. The number of nitrogens with one attached hydrogen (secondary N) is 2. The van der Waals surface area contributed by atoms with Crippen molar-refractivity contribution in [3.8, 4) is 11.5 Å². The van der Waals surface area contributed by atoms with Crippen LogP contribution in [0.15, 0.2) is 48.5 Å². The summed E-state index contributed by atoms with van der Waals surface area (Å²) in [7, 11) is 0. The van der Waals surface area contributed by atoms with Crippen molar-refractivity contribution < 1.29 is 23.5 Å². The quantitative estimate of drug-likeness (QED) is 0.661. The average molecular weight is 342 g/mol. The molecule has 1 aliphatic rings. The second-order valence-electron chi connectivity index (χ2n) is 5.19. The first-order chi connectivity index (χ1) is 12.1. The molecule has 0 saturated carbocycles. The SMILES string of the molecule is O=C(/C=C/c1ccc(F)cc1)NNC(=O)c1ccc2c(c1)OCCO2. The summed E-state index contributed by atoms with van der Waals surface area (Å²) in [6.45, 7) is 0.887. The second kappa shape index (κ2) is 7.48. The average Bonchev–Trinajstić information content (AvgIpc) is 2.65. The maximum absolute atomic E-state index is 12.8. The Labute approximate surface area is 143 Å². The van der Waals surface area contributed by atoms with Gasteiger partial charge in [-0.15, -0.1) is 0 Å². The van der Waals surface area contributed by atoms with Gasteiger partial charge in [0.05, 0.1) is 0 Å². The number of hydrogen-bond donors (Lipinski definition) is 2. The number of halogens is 1. The molecule has 0 fully saturated rings. The number of rotatable bonds is 3. The van der Waals surface area contributed by atoms with Crippen LogP contribution in [0.3, 0.4) is 0 Å². The standard InChI is InChI=1S/C18H15FN2O4/c19-14-5-1-12(2-6-14)3-8-17(22)20-21-18(23)13-4-7-15-16(11-13)25-10-9-24-15/h1-8,11H,9-10H2,(H,20,22)(H,21,23)/b8-3+. The molecular weight excluding hydrogens is 327 g/mol. The van der Waals surface area contributed by atoms with Crippen LogP contribution >= 0.6 is 0 Å². The van der Waals surface area contributed by atoms with Crippen molar-refractivity contribution in [2.24, 2.45) is 0 Å². The Bertz CT molecular complexity index is 818. The number of amides is 2. The zero-order valence-electron chi connectivity index (χ0n) is 13.1. The summed E-state index contributed by atoms with van der Waals surface area (Å²) in [4.78, 5) is 23.8. The lowest BCUT2D eigenvalue weighted by Crippen LogP contribution is -2.40. The Hall–Kier alpha value is -3.35. The number of carbonyl (C=O) groups is 2. The Morgan fingerprint density at radius 3 is 2.44 bits per heavy atom. The fraction of sp³-hybridized carbons (Fsp3) is 0.111. The maximum atomic E-state index is 12.8. The van der Waals surface area contributed by atoms with Crippen LogP contribution < -0.4 is 20.3 Å². The minimum Gasteiger partial charge on any atom is -0.486 e. The van der Waals surface area contributed by atoms with E-state index in [1.807, 2.05) is 0 Å². The van der Waals surface area contributed by atoms with Crippen LogP contribution in [0.4, 0.5) is 4.39 Å². The van der Waals surface area contributed by atoms with Crippen molar-refractivity contribution in [3.05, 3.63) is 65.5 Å². The first-order valence-corrected chi connectivity index (χ1v) is 7.55. The zero-order valence-corrected chi connectivity index (χ0v) is 13.1. The van der Waals surface area contributed by atoms with E-state index in [1.54, 1.807) is 18.2 Å². The topological polar surface area (TPSA) is 76.7 Å². The molecule has 3 rings (SSSR count). The molecule has 0 unspecified atom stereocenters. The highest BCUT2D eigenvalue weighted by Gasteiger charge is 2.15. The number of benzene rings is 2. The lowest BCUT2D eigenvalue weighted by Gasteiger charge is -2.18. The van der Waals surface area contributed by atoms with E-state index in [0.29, 0.717) is 35.8 Å². The largest absolute Gasteiger partial charge is 0.486 e. The predicted molar refractivity (Wildman–Crippen MR) is 88.5 cm³/mol. The Kier molecular flexibility index (Phi) is 4.94. The first kappa shape index (κ1) is 16.5. The van der Waals surface area contributed by atoms with Gasteiger partial charge >= 0.3 is 0 Å². The highest BCUT2D eigenvalue weighted by atomic mass is 19.1. The van der Waals surface area contributed by atoms with Crippen LogP contribution in [0.5, 0.6) is 11.5 Å². The van der Waals surface area contributed by atoms with E-state index in [0.717, 1.165) is 0 Å². The molecule has 0 spiro atoms. The van der Waals surface area contributed by atoms with E-state index in [1.165, 1.54) is 36.4 Å². The van der Waals surface area contributed by atoms with Gasteiger partial charge in [0.25, 0.3) is 11.8 Å². The Balaban J connectivity index is 1.54. The van der Waals surface area contributed by atoms with E-state index in [2.05, 4.69) is 10.9 Å². The van der Waals surface area contributed by atoms with Crippen molar-refractivity contribution in [3.63, 3.8) is 0 Å². The molecule has 1 aliphatic heterocycles. The molecule has 0 radical (unpaired) electrons. The number of ether oxygens (including phenoxy) is 2. The first-order valence-electron chi connectivity index (χ1n) is 7.55. The molecule has 0 atom stereocenters. The summed E-state index contributed by atoms with van der Waals surface area (Å²) in [6.07, 6.45) is 2.74. The molecule has 0 bridgehead atoms. The Morgan fingerprint density at radius 2 is 1.68 bits per heavy atom. The molecule has 2 aromatic rings. The van der Waals surface area contributed by atoms with Gasteiger partial charge in [-0.3, -0.25) is 20.4 Å². The van der Waals surface area contributed by atoms with E-state index >= 15 is 0 Å². The fourth-order valence-electron chi connectivity index (χ4n) is 2.16. The highest BCUT2D eigenvalue weighted by Crippen LogP contribution is 2.30. The Morgan fingerprint density at radius 1 is 0.960 bits per heavy atom. The lowest BCUT2D eigenvalue weighted by atomic mass is 10.2. The van der Waals surface area contributed by atoms with E-state index in [4.69, 9.17) is 9.47 Å². The van der Waals surface area contributed by atoms with Gasteiger partial charge in [-0.25, -0.2) is 4.39 Å². The summed E-state index contributed by atoms with van der Waals surface area (Å²) >= 11 is 0. The summed E-state index contributed by atoms with van der Waals surface area (Å²) in [5, 5.41) is 0. The summed E-state index contributed by atoms with van der Waals surface area (Å²) in [5.41, 5.74) is 5.56. The van der Waals surface area contributed by atoms with Crippen molar-refractivity contribution in [2.75, 3.05) is 13.2 Å². The van der Waals surface area contributed by atoms with Gasteiger partial charge in [0.1, 0.15) is 19.0 Å². The third-order valence-corrected chi connectivity index (χ3v) is 3.40. The van der Waals surface area contributed by atoms with Crippen molar-refractivity contribution in [1.29, 1.82) is 0 Å². The van der Waals surface area contributed by atoms with Crippen molar-refractivity contribution in [1.82, 2.24) is 10.9 Å². The number of fused-ring (bicyclic) bond motifs is 1. The molecule has 0 aliphatic carbocycles. The van der Waals surface area contributed by atoms with Crippen molar-refractivity contribution in [2.45, 2.75) is 0 Å². The van der Waals surface area contributed by atoms with Crippen molar-refractivity contribution >= 4 is 17.9 Å². The van der Waals surface area contributed by atoms with E-state index in [-0.39, 0.29) is 5.82 Å². The molecular formula is C18H15FN2O4. The summed E-state index contributed by atoms with van der Waals surface area (Å²) in [6, 6.07) is 10.4. The molecule has 128 valence electrons. The third-order valence-electron chi connectivity index (χ3n) is 3.40. The predicted octanol–water partition coefficient (Wildman–Crippen LogP) is 2.07. The molecule has 25 heavy (non-hydrogen) atoms. The molecule has 7 heteroatoms. The van der Waals surface area contributed by atoms with Crippen LogP contribution in [-0.2, 0) is 4.79 Å². The fourth-order valence-corrected chi connectivity index (χ4v) is 2.16. The molecule has 2 amide bonds. The zero-order chi connectivity index (χ0) is 17.6. The molecule has 0 aromatic heterocycles. The highest BCUT2D eigenvalue weighted by molar-refractivity contribution is 5.98. The molecule has 0 saturated heterocycles. The monoisotopic (exact) mass is 342 g/mol. The molecule has 2 aromatic carbocycles. The second-order valence-corrected chi connectivity index (χ2v) is 5.19. The van der Waals surface area contributed by atoms with Crippen LogP contribution in [-0.4, -0.2) is 25.0 Å². The smallest absolute Gasteiger partial charge is 0.269 e. The van der Waals surface area contributed by atoms with Gasteiger partial charge < -0.3 is 9.47 Å². The third kappa shape index (κ3) is 4.35. The number of hydrazine groups is 1. The minimum absolute atomic E-state index is 0.326. The van der Waals surface area contributed by atoms with E-state index in [9.17, 15) is 14.0 Å². The number of carbonyl (C=O) groups excluding carboxylic acids is 2. The van der Waals surface area contributed by atoms with Gasteiger partial charge in [-0.2, -0.15) is 0 Å². The van der Waals surface area contributed by atoms with E-state index < -0.39 is 11.8 Å². The molecule has 2 N–H and O–H groups in total. The van der Waals surface area contributed by atoms with Crippen LogP contribution in [0, 0.1) is 5.82 Å². The van der Waals surface area contributed by atoms with Gasteiger partial charge in [-0.1, -0.05) is 12.1 Å². The molecule has 6 nitrogen and oxygen atoms in total. The van der Waals surface area contributed by atoms with Gasteiger partial charge in [0, 0.05) is 11.6 Å². The van der Waals surface area contributed by atoms with Crippen LogP contribution in [0.2, 0.25) is 0 Å². The number of hydrogen-bond acceptors (Lipinski definition) is 4. The van der Waals surface area contributed by atoms with Gasteiger partial charge in [0.15, 0.2) is 11.5 Å². The summed E-state index contributed by atoms with van der Waals surface area (Å²) < 4.78 is 23.6. The van der Waals surface area contributed by atoms with Gasteiger partial charge in [-0.05, 0) is 42.0 Å². The van der Waals surface area contributed by atoms with Crippen LogP contribution in [0.25, 0.3) is 6.08 Å². The van der Waals surface area contributed by atoms with Gasteiger partial charge in [0.2, 0.25) is 0 Å². The van der Waals surface area contributed by atoms with Crippen LogP contribution in [0.1, 0.15) is 15.9 Å².